The molecule has 3 nitrogen and oxygen atoms in total. The largest absolute Gasteiger partial charge is 0.478 e. The molecule has 0 bridgehead atoms. The molecule has 1 unspecified atom stereocenters. The van der Waals surface area contributed by atoms with E-state index < -0.39 is 5.97 Å². The van der Waals surface area contributed by atoms with Gasteiger partial charge in [-0.25, -0.2) is 4.79 Å². The Bertz CT molecular complexity index is 397. The van der Waals surface area contributed by atoms with Crippen LogP contribution >= 0.6 is 11.3 Å². The molecule has 1 aliphatic heterocycles. The zero-order valence-corrected chi connectivity index (χ0v) is 9.33. The fourth-order valence-corrected chi connectivity index (χ4v) is 2.85. The average molecular weight is 223 g/mol. The lowest BCUT2D eigenvalue weighted by Crippen LogP contribution is -2.28. The lowest BCUT2D eigenvalue weighted by atomic mass is 10.0. The van der Waals surface area contributed by atoms with Crippen molar-refractivity contribution >= 4 is 17.3 Å². The Labute approximate surface area is 92.6 Å². The van der Waals surface area contributed by atoms with Gasteiger partial charge in [0.1, 0.15) is 0 Å². The normalized spacial score (nSPS) is 20.6. The summed E-state index contributed by atoms with van der Waals surface area (Å²) in [5.41, 5.74) is 1.33. The lowest BCUT2D eigenvalue weighted by Gasteiger charge is -2.32. The third-order valence-electron chi connectivity index (χ3n) is 2.73. The van der Waals surface area contributed by atoms with Crippen molar-refractivity contribution in [3.63, 3.8) is 0 Å². The summed E-state index contributed by atoms with van der Waals surface area (Å²) in [6, 6.07) is 2.42. The number of carboxylic acid groups (broad SMARTS) is 1. The number of hydrogen-bond acceptors (Lipinski definition) is 3. The third kappa shape index (κ3) is 2.04. The van der Waals surface area contributed by atoms with Crippen molar-refractivity contribution in [3.8, 4) is 0 Å². The highest BCUT2D eigenvalue weighted by atomic mass is 32.1. The first kappa shape index (κ1) is 10.2. The molecule has 0 radical (unpaired) electrons. The summed E-state index contributed by atoms with van der Waals surface area (Å²) in [4.78, 5) is 13.9. The Balaban J connectivity index is 2.16. The molecular weight excluding hydrogens is 210 g/mol. The summed E-state index contributed by atoms with van der Waals surface area (Å²) in [5.74, 6) is -0.890. The minimum absolute atomic E-state index is 0.288. The molecule has 15 heavy (non-hydrogen) atoms. The summed E-state index contributed by atoms with van der Waals surface area (Å²) in [5, 5.41) is 10.7. The zero-order valence-electron chi connectivity index (χ0n) is 8.51. The van der Waals surface area contributed by atoms with Crippen LogP contribution in [0.5, 0.6) is 0 Å². The smallest absolute Gasteiger partial charge is 0.329 e. The molecule has 1 aromatic heterocycles. The van der Waals surface area contributed by atoms with E-state index in [1.54, 1.807) is 17.5 Å². The highest BCUT2D eigenvalue weighted by Gasteiger charge is 2.22. The monoisotopic (exact) mass is 223 g/mol. The van der Waals surface area contributed by atoms with E-state index in [1.807, 2.05) is 0 Å². The molecule has 1 aromatic rings. The van der Waals surface area contributed by atoms with Crippen molar-refractivity contribution in [2.75, 3.05) is 6.54 Å². The minimum Gasteiger partial charge on any atom is -0.478 e. The molecule has 80 valence electrons. The Kier molecular flexibility index (Phi) is 2.77. The van der Waals surface area contributed by atoms with Crippen LogP contribution in [0, 0.1) is 0 Å². The van der Waals surface area contributed by atoms with Gasteiger partial charge in [0.2, 0.25) is 0 Å². The molecule has 0 spiro atoms. The Morgan fingerprint density at radius 1 is 1.73 bits per heavy atom. The van der Waals surface area contributed by atoms with Crippen molar-refractivity contribution in [2.45, 2.75) is 19.4 Å². The molecule has 0 saturated heterocycles. The topological polar surface area (TPSA) is 40.5 Å². The maximum Gasteiger partial charge on any atom is 0.329 e. The van der Waals surface area contributed by atoms with Gasteiger partial charge in [-0.1, -0.05) is 0 Å². The molecule has 2 rings (SSSR count). The highest BCUT2D eigenvalue weighted by molar-refractivity contribution is 7.10. The van der Waals surface area contributed by atoms with Gasteiger partial charge < -0.3 is 10.0 Å². The van der Waals surface area contributed by atoms with Crippen LogP contribution in [0.4, 0.5) is 0 Å². The average Bonchev–Trinajstić information content (AvgIpc) is 2.65. The van der Waals surface area contributed by atoms with Crippen LogP contribution in [0.3, 0.4) is 0 Å². The predicted molar refractivity (Wildman–Crippen MR) is 59.9 cm³/mol. The van der Waals surface area contributed by atoms with Crippen LogP contribution < -0.4 is 0 Å². The number of rotatable bonds is 2. The molecule has 0 fully saturated rings. The molecule has 0 amide bonds. The minimum atomic E-state index is -0.890. The maximum absolute atomic E-state index is 10.4. The van der Waals surface area contributed by atoms with Crippen molar-refractivity contribution in [1.82, 2.24) is 4.90 Å². The number of aliphatic carboxylic acids is 1. The number of thiophene rings is 1. The SMILES string of the molecule is CC1c2ccsc2CCN1/C=C/C(=O)O. The second-order valence-electron chi connectivity index (χ2n) is 3.62. The van der Waals surface area contributed by atoms with Gasteiger partial charge in [0, 0.05) is 23.7 Å². The molecule has 0 aliphatic carbocycles. The first-order valence-electron chi connectivity index (χ1n) is 4.91. The molecule has 0 aromatic carbocycles. The van der Waals surface area contributed by atoms with E-state index in [1.165, 1.54) is 16.5 Å². The molecule has 1 atom stereocenters. The van der Waals surface area contributed by atoms with Gasteiger partial charge in [0.15, 0.2) is 0 Å². The quantitative estimate of drug-likeness (QED) is 0.782. The van der Waals surface area contributed by atoms with Gasteiger partial charge in [0.05, 0.1) is 6.04 Å². The van der Waals surface area contributed by atoms with Crippen molar-refractivity contribution in [2.24, 2.45) is 0 Å². The summed E-state index contributed by atoms with van der Waals surface area (Å²) in [6.45, 7) is 3.01. The number of nitrogens with zero attached hydrogens (tertiary/aromatic N) is 1. The molecule has 1 N–H and O–H groups in total. The van der Waals surface area contributed by atoms with Crippen molar-refractivity contribution in [1.29, 1.82) is 0 Å². The van der Waals surface area contributed by atoms with Crippen LogP contribution in [0.2, 0.25) is 0 Å². The summed E-state index contributed by atoms with van der Waals surface area (Å²) >= 11 is 1.79. The predicted octanol–water partition coefficient (Wildman–Crippen LogP) is 2.27. The molecule has 1 aliphatic rings. The third-order valence-corrected chi connectivity index (χ3v) is 3.73. The molecule has 4 heteroatoms. The molecule has 0 saturated carbocycles. The van der Waals surface area contributed by atoms with Crippen molar-refractivity contribution < 1.29 is 9.90 Å². The van der Waals surface area contributed by atoms with Gasteiger partial charge in [-0.3, -0.25) is 0 Å². The van der Waals surface area contributed by atoms with E-state index in [9.17, 15) is 4.79 Å². The van der Waals surface area contributed by atoms with Gasteiger partial charge in [-0.05, 0) is 30.4 Å². The number of fused-ring (bicyclic) bond motifs is 1. The van der Waals surface area contributed by atoms with Gasteiger partial charge >= 0.3 is 5.97 Å². The van der Waals surface area contributed by atoms with E-state index in [2.05, 4.69) is 23.3 Å². The van der Waals surface area contributed by atoms with Crippen LogP contribution in [0.1, 0.15) is 23.4 Å². The zero-order chi connectivity index (χ0) is 10.8. The van der Waals surface area contributed by atoms with Crippen LogP contribution in [-0.2, 0) is 11.2 Å². The number of carbonyl (C=O) groups is 1. The van der Waals surface area contributed by atoms with Gasteiger partial charge in [-0.2, -0.15) is 0 Å². The summed E-state index contributed by atoms with van der Waals surface area (Å²) in [7, 11) is 0. The summed E-state index contributed by atoms with van der Waals surface area (Å²) in [6.07, 6.45) is 3.89. The Morgan fingerprint density at radius 2 is 2.53 bits per heavy atom. The van der Waals surface area contributed by atoms with Gasteiger partial charge in [-0.15, -0.1) is 11.3 Å². The Morgan fingerprint density at radius 3 is 3.27 bits per heavy atom. The first-order valence-corrected chi connectivity index (χ1v) is 5.79. The van der Waals surface area contributed by atoms with E-state index in [4.69, 9.17) is 5.11 Å². The van der Waals surface area contributed by atoms with E-state index in [0.717, 1.165) is 13.0 Å². The highest BCUT2D eigenvalue weighted by Crippen LogP contribution is 2.32. The number of hydrogen-bond donors (Lipinski definition) is 1. The van der Waals surface area contributed by atoms with E-state index in [0.29, 0.717) is 0 Å². The van der Waals surface area contributed by atoms with Gasteiger partial charge in [0.25, 0.3) is 0 Å². The standard InChI is InChI=1S/C11H13NO2S/c1-8-9-4-7-15-10(9)2-5-12(8)6-3-11(13)14/h3-4,6-8H,2,5H2,1H3,(H,13,14)/b6-3+. The molecule has 2 heterocycles. The second kappa shape index (κ2) is 4.06. The van der Waals surface area contributed by atoms with Crippen LogP contribution in [0.25, 0.3) is 0 Å². The fourth-order valence-electron chi connectivity index (χ4n) is 1.89. The van der Waals surface area contributed by atoms with E-state index in [-0.39, 0.29) is 6.04 Å². The van der Waals surface area contributed by atoms with Crippen LogP contribution in [0.15, 0.2) is 23.7 Å². The van der Waals surface area contributed by atoms with Crippen molar-refractivity contribution in [3.05, 3.63) is 34.2 Å². The second-order valence-corrected chi connectivity index (χ2v) is 4.62. The van der Waals surface area contributed by atoms with E-state index >= 15 is 0 Å². The number of carboxylic acids is 1. The molecular formula is C11H13NO2S. The summed E-state index contributed by atoms with van der Waals surface area (Å²) < 4.78 is 0. The van der Waals surface area contributed by atoms with Crippen LogP contribution in [-0.4, -0.2) is 22.5 Å². The Hall–Kier alpha value is -1.29. The first-order chi connectivity index (χ1) is 7.18. The lowest BCUT2D eigenvalue weighted by molar-refractivity contribution is -0.131. The maximum atomic E-state index is 10.4. The fraction of sp³-hybridized carbons (Fsp3) is 0.364.